The average molecular weight is 836 g/mol. The van der Waals surface area contributed by atoms with Crippen LogP contribution in [0.5, 0.6) is 0 Å². The molecular weight excluding hydrogens is 783 g/mol. The summed E-state index contributed by atoms with van der Waals surface area (Å²) in [6.45, 7) is 9.30. The van der Waals surface area contributed by atoms with Gasteiger partial charge in [-0.1, -0.05) is 12.8 Å². The molecule has 0 aliphatic carbocycles. The summed E-state index contributed by atoms with van der Waals surface area (Å²) in [5.74, 6) is -0.145. The maximum absolute atomic E-state index is 12.9. The number of aromatic nitrogens is 8. The smallest absolute Gasteiger partial charge is 0.349 e. The van der Waals surface area contributed by atoms with Crippen molar-refractivity contribution < 1.29 is 14.4 Å². The number of carbonyl (C=O) groups excluding carboxylic acids is 3. The van der Waals surface area contributed by atoms with Crippen molar-refractivity contribution in [3.63, 3.8) is 0 Å². The molecule has 0 saturated heterocycles. The predicted molar refractivity (Wildman–Crippen MR) is 231 cm³/mol. The first-order valence-electron chi connectivity index (χ1n) is 20.9. The van der Waals surface area contributed by atoms with E-state index in [0.29, 0.717) is 88.5 Å². The quantitative estimate of drug-likeness (QED) is 0.0586. The van der Waals surface area contributed by atoms with E-state index in [0.717, 1.165) is 39.7 Å². The van der Waals surface area contributed by atoms with E-state index < -0.39 is 28.5 Å². The lowest BCUT2D eigenvalue weighted by Crippen LogP contribution is -2.45. The Morgan fingerprint density at radius 1 is 0.607 bits per heavy atom. The summed E-state index contributed by atoms with van der Waals surface area (Å²) in [7, 11) is 1.52. The highest BCUT2D eigenvalue weighted by atomic mass is 16.2. The van der Waals surface area contributed by atoms with E-state index in [-0.39, 0.29) is 47.2 Å². The van der Waals surface area contributed by atoms with Crippen LogP contribution in [0.2, 0.25) is 0 Å². The van der Waals surface area contributed by atoms with Crippen LogP contribution in [0.15, 0.2) is 43.4 Å². The third-order valence-electron chi connectivity index (χ3n) is 11.2. The van der Waals surface area contributed by atoms with Crippen molar-refractivity contribution in [1.29, 1.82) is 0 Å². The van der Waals surface area contributed by atoms with Gasteiger partial charge in [0.15, 0.2) is 23.0 Å². The van der Waals surface area contributed by atoms with Crippen LogP contribution in [0.25, 0.3) is 45.1 Å². The Hall–Kier alpha value is -6.59. The van der Waals surface area contributed by atoms with Crippen LogP contribution in [0, 0.1) is 27.7 Å². The molecule has 0 spiro atoms. The Balaban J connectivity index is 0.904. The Morgan fingerprint density at radius 3 is 1.57 bits per heavy atom. The summed E-state index contributed by atoms with van der Waals surface area (Å²) in [6.07, 6.45) is 6.17. The number of amides is 3. The number of fused-ring (bicyclic) bond motifs is 4. The summed E-state index contributed by atoms with van der Waals surface area (Å²) >= 11 is 0. The lowest BCUT2D eigenvalue weighted by Gasteiger charge is -2.18. The van der Waals surface area contributed by atoms with E-state index in [4.69, 9.17) is 0 Å². The topological polar surface area (TPSA) is 249 Å². The molecule has 0 saturated carbocycles. The SMILES string of the molecule is CNC(=O)C(CCCCNC(=O)CCCCCn1c2nc(=O)[nH]c(=O)c-2nc2cc(C)c(C)cc21)NC(=O)CCCCCn1c2nc(=O)[nH]c(=O)c-2nc2cc(C)c(C)cc21. The standard InChI is InChI=1S/C43H53N11O7/c1-24-20-29-31(22-26(24)3)53(37-35(47-29)40(58)51-42(60)49-37)18-12-6-8-15-33(55)45-17-11-10-14-28(39(57)44-5)46-34(56)16-9-7-13-19-54-32-23-27(4)25(2)21-30(32)48-36-38(54)50-43(61)52-41(36)59/h20-23,28H,6-19H2,1-5H3,(H,44,57)(H,45,55)(H,46,56)(H,51,58,60)(H,52,59,61). The number of rotatable bonds is 19. The van der Waals surface area contributed by atoms with Gasteiger partial charge in [0, 0.05) is 39.5 Å². The Morgan fingerprint density at radius 2 is 1.08 bits per heavy atom. The minimum absolute atomic E-state index is 0.0760. The van der Waals surface area contributed by atoms with E-state index in [1.54, 1.807) is 0 Å². The number of hydrogen-bond donors (Lipinski definition) is 5. The molecule has 4 aliphatic rings. The molecule has 0 radical (unpaired) electrons. The molecule has 5 N–H and O–H groups in total. The zero-order valence-electron chi connectivity index (χ0n) is 35.3. The highest BCUT2D eigenvalue weighted by Gasteiger charge is 2.22. The fourth-order valence-electron chi connectivity index (χ4n) is 7.52. The number of aromatic amines is 2. The summed E-state index contributed by atoms with van der Waals surface area (Å²) in [6, 6.07) is 7.08. The average Bonchev–Trinajstić information content (AvgIpc) is 3.21. The van der Waals surface area contributed by atoms with E-state index in [2.05, 4.69) is 45.9 Å². The van der Waals surface area contributed by atoms with Gasteiger partial charge in [-0.3, -0.25) is 33.9 Å². The predicted octanol–water partition coefficient (Wildman–Crippen LogP) is 3.05. The van der Waals surface area contributed by atoms with Gasteiger partial charge in [-0.2, -0.15) is 9.97 Å². The zero-order chi connectivity index (χ0) is 43.8. The summed E-state index contributed by atoms with van der Waals surface area (Å²) < 4.78 is 3.70. The molecule has 2 aromatic rings. The van der Waals surface area contributed by atoms with Crippen LogP contribution in [-0.4, -0.2) is 76.4 Å². The molecule has 0 aromatic heterocycles. The fourth-order valence-corrected chi connectivity index (χ4v) is 7.52. The van der Waals surface area contributed by atoms with Gasteiger partial charge in [0.1, 0.15) is 6.04 Å². The third kappa shape index (κ3) is 10.6. The monoisotopic (exact) mass is 835 g/mol. The first-order chi connectivity index (χ1) is 29.2. The zero-order valence-corrected chi connectivity index (χ0v) is 35.3. The Kier molecular flexibility index (Phi) is 14.2. The molecule has 1 atom stereocenters. The number of benzene rings is 2. The minimum atomic E-state index is -0.737. The molecule has 61 heavy (non-hydrogen) atoms. The van der Waals surface area contributed by atoms with Gasteiger partial charge in [-0.05, 0) is 119 Å². The summed E-state index contributed by atoms with van der Waals surface area (Å²) in [4.78, 5) is 109. The molecule has 0 fully saturated rings. The maximum atomic E-state index is 12.9. The number of carbonyl (C=O) groups is 3. The molecule has 3 amide bonds. The molecule has 4 heterocycles. The Labute approximate surface area is 350 Å². The van der Waals surface area contributed by atoms with Crippen molar-refractivity contribution in [2.75, 3.05) is 13.6 Å². The van der Waals surface area contributed by atoms with Crippen LogP contribution < -0.4 is 38.4 Å². The van der Waals surface area contributed by atoms with Gasteiger partial charge in [0.2, 0.25) is 17.7 Å². The van der Waals surface area contributed by atoms with Crippen molar-refractivity contribution in [2.45, 2.75) is 117 Å². The van der Waals surface area contributed by atoms with Crippen molar-refractivity contribution >= 4 is 39.8 Å². The van der Waals surface area contributed by atoms with Crippen LogP contribution in [0.1, 0.15) is 92.9 Å². The number of hydrogen-bond acceptors (Lipinski definition) is 11. The molecule has 18 heteroatoms. The van der Waals surface area contributed by atoms with E-state index in [9.17, 15) is 33.6 Å². The van der Waals surface area contributed by atoms with E-state index in [1.165, 1.54) is 7.05 Å². The number of aryl methyl sites for hydroxylation is 6. The molecular formula is C43H53N11O7. The summed E-state index contributed by atoms with van der Waals surface area (Å²) in [5, 5.41) is 8.41. The van der Waals surface area contributed by atoms with Crippen molar-refractivity contribution in [1.82, 2.24) is 55.0 Å². The van der Waals surface area contributed by atoms with Crippen LogP contribution in [0.4, 0.5) is 0 Å². The molecule has 0 bridgehead atoms. The molecule has 18 nitrogen and oxygen atoms in total. The fraction of sp³-hybridized carbons (Fsp3) is 0.465. The second kappa shape index (κ2) is 19.6. The molecule has 322 valence electrons. The van der Waals surface area contributed by atoms with Crippen LogP contribution >= 0.6 is 0 Å². The largest absolute Gasteiger partial charge is 0.357 e. The van der Waals surface area contributed by atoms with Crippen molar-refractivity contribution in [2.24, 2.45) is 0 Å². The normalized spacial score (nSPS) is 12.0. The molecule has 4 aliphatic heterocycles. The number of H-pyrrole nitrogens is 2. The number of nitrogens with zero attached hydrogens (tertiary/aromatic N) is 6. The highest BCUT2D eigenvalue weighted by molar-refractivity contribution is 5.87. The number of likely N-dealkylation sites (N-methyl/N-ethyl adjacent to an activating group) is 1. The van der Waals surface area contributed by atoms with Gasteiger partial charge in [0.25, 0.3) is 11.1 Å². The minimum Gasteiger partial charge on any atom is -0.357 e. The highest BCUT2D eigenvalue weighted by Crippen LogP contribution is 2.26. The first kappa shape index (κ1) is 44.0. The van der Waals surface area contributed by atoms with Crippen molar-refractivity contribution in [3.8, 4) is 23.0 Å². The van der Waals surface area contributed by atoms with Gasteiger partial charge in [0.05, 0.1) is 22.1 Å². The van der Waals surface area contributed by atoms with Gasteiger partial charge >= 0.3 is 11.4 Å². The molecule has 6 rings (SSSR count). The van der Waals surface area contributed by atoms with Crippen LogP contribution in [0.3, 0.4) is 0 Å². The van der Waals surface area contributed by atoms with Gasteiger partial charge in [-0.15, -0.1) is 0 Å². The number of nitrogens with one attached hydrogen (secondary N) is 5. The third-order valence-corrected chi connectivity index (χ3v) is 11.2. The first-order valence-corrected chi connectivity index (χ1v) is 20.9. The van der Waals surface area contributed by atoms with E-state index in [1.807, 2.05) is 61.1 Å². The van der Waals surface area contributed by atoms with E-state index >= 15 is 0 Å². The molecule has 2 aromatic carbocycles. The lowest BCUT2D eigenvalue weighted by atomic mass is 10.1. The van der Waals surface area contributed by atoms with Gasteiger partial charge < -0.3 is 25.1 Å². The second-order valence-electron chi connectivity index (χ2n) is 15.7. The van der Waals surface area contributed by atoms with Gasteiger partial charge in [-0.25, -0.2) is 19.6 Å². The lowest BCUT2D eigenvalue weighted by molar-refractivity contribution is -0.129. The van der Waals surface area contributed by atoms with Crippen molar-refractivity contribution in [3.05, 3.63) is 88.2 Å². The maximum Gasteiger partial charge on any atom is 0.349 e. The van der Waals surface area contributed by atoms with Crippen LogP contribution in [-0.2, 0) is 27.5 Å². The Bertz CT molecular complexity index is 2770. The molecule has 1 unspecified atom stereocenters. The second-order valence-corrected chi connectivity index (χ2v) is 15.7. The number of unbranched alkanes of at least 4 members (excludes halogenated alkanes) is 5. The summed E-state index contributed by atoms with van der Waals surface area (Å²) in [5.41, 5.74) is 4.54.